The monoisotopic (exact) mass is 479 g/mol. The Kier molecular flexibility index (Phi) is 5.34. The summed E-state index contributed by atoms with van der Waals surface area (Å²) >= 11 is 6.46. The lowest BCUT2D eigenvalue weighted by atomic mass is 9.83. The Balaban J connectivity index is 1.61. The molecule has 5 rings (SSSR count). The van der Waals surface area contributed by atoms with Crippen LogP contribution >= 0.6 is 11.6 Å². The van der Waals surface area contributed by atoms with Gasteiger partial charge in [0.2, 0.25) is 0 Å². The van der Waals surface area contributed by atoms with Crippen molar-refractivity contribution in [3.05, 3.63) is 77.4 Å². The van der Waals surface area contributed by atoms with Crippen molar-refractivity contribution in [3.63, 3.8) is 0 Å². The molecule has 0 bridgehead atoms. The summed E-state index contributed by atoms with van der Waals surface area (Å²) in [7, 11) is -3.08. The molecular weight excluding hydrogens is 458 g/mol. The minimum Gasteiger partial charge on any atom is -0.294 e. The fourth-order valence-corrected chi connectivity index (χ4v) is 6.98. The van der Waals surface area contributed by atoms with Gasteiger partial charge in [-0.05, 0) is 42.2 Å². The quantitative estimate of drug-likeness (QED) is 0.370. The molecule has 0 saturated carbocycles. The largest absolute Gasteiger partial charge is 0.294 e. The molecule has 3 heterocycles. The van der Waals surface area contributed by atoms with Gasteiger partial charge in [0.05, 0.1) is 22.0 Å². The number of pyridine rings is 1. The lowest BCUT2D eigenvalue weighted by molar-refractivity contribution is 0.0934. The third-order valence-corrected chi connectivity index (χ3v) is 8.46. The van der Waals surface area contributed by atoms with Crippen LogP contribution in [0.4, 0.5) is 0 Å². The van der Waals surface area contributed by atoms with Crippen LogP contribution in [0.2, 0.25) is 5.02 Å². The predicted octanol–water partition coefficient (Wildman–Crippen LogP) is 5.14. The van der Waals surface area contributed by atoms with Gasteiger partial charge in [0, 0.05) is 29.1 Å². The van der Waals surface area contributed by atoms with E-state index >= 15 is 0 Å². The van der Waals surface area contributed by atoms with Crippen molar-refractivity contribution in [1.29, 1.82) is 0 Å². The Morgan fingerprint density at radius 2 is 1.91 bits per heavy atom. The number of sulfone groups is 1. The Labute approximate surface area is 197 Å². The molecule has 0 amide bonds. The summed E-state index contributed by atoms with van der Waals surface area (Å²) in [4.78, 5) is 17.6. The molecule has 168 valence electrons. The van der Waals surface area contributed by atoms with E-state index in [2.05, 4.69) is 4.98 Å². The molecule has 0 N–H and O–H groups in total. The minimum atomic E-state index is -3.08. The fraction of sp³-hybridized carbons (Fsp3) is 0.240. The molecule has 33 heavy (non-hydrogen) atoms. The Hall–Kier alpha value is -3.03. The van der Waals surface area contributed by atoms with Gasteiger partial charge in [-0.15, -0.1) is 0 Å². The molecule has 4 aromatic rings. The number of fused-ring (bicyclic) bond motifs is 1. The number of Topliss-reactive ketones (excluding diaryl/α,β-unsaturated/α-hetero) is 1. The average molecular weight is 480 g/mol. The van der Waals surface area contributed by atoms with E-state index in [1.807, 2.05) is 61.5 Å². The predicted molar refractivity (Wildman–Crippen MR) is 130 cm³/mol. The van der Waals surface area contributed by atoms with E-state index in [-0.39, 0.29) is 23.7 Å². The highest BCUT2D eigenvalue weighted by Crippen LogP contribution is 2.37. The van der Waals surface area contributed by atoms with E-state index < -0.39 is 15.3 Å². The number of halogens is 1. The van der Waals surface area contributed by atoms with Gasteiger partial charge in [0.15, 0.2) is 21.4 Å². The maximum Gasteiger partial charge on any atom is 0.163 e. The summed E-state index contributed by atoms with van der Waals surface area (Å²) in [6.07, 6.45) is 2.38. The van der Waals surface area contributed by atoms with Gasteiger partial charge in [-0.2, -0.15) is 5.10 Å². The van der Waals surface area contributed by atoms with E-state index in [4.69, 9.17) is 16.7 Å². The standard InChI is InChI=1S/C25H22ClN3O3S/c1-25(11-13-33(31,32)16-25)15-22(30)17-9-10-19-21(14-17)29(23-8-4-5-12-27-23)28-24(19)18-6-2-3-7-20(18)26/h2-10,12,14H,11,13,15-16H2,1H3. The molecule has 0 spiro atoms. The third kappa shape index (κ3) is 4.18. The number of aromatic nitrogens is 3. The van der Waals surface area contributed by atoms with Crippen LogP contribution in [0.15, 0.2) is 66.9 Å². The van der Waals surface area contributed by atoms with Crippen molar-refractivity contribution in [1.82, 2.24) is 14.8 Å². The summed E-state index contributed by atoms with van der Waals surface area (Å²) in [5.41, 5.74) is 2.22. The van der Waals surface area contributed by atoms with E-state index in [0.29, 0.717) is 28.5 Å². The number of ketones is 1. The molecule has 1 aliphatic rings. The zero-order valence-electron chi connectivity index (χ0n) is 18.0. The van der Waals surface area contributed by atoms with E-state index in [1.165, 1.54) is 0 Å². The van der Waals surface area contributed by atoms with E-state index in [9.17, 15) is 13.2 Å². The number of benzene rings is 2. The number of carbonyl (C=O) groups is 1. The van der Waals surface area contributed by atoms with Crippen LogP contribution in [0.3, 0.4) is 0 Å². The SMILES string of the molecule is CC1(CC(=O)c2ccc3c(-c4ccccc4Cl)nn(-c4ccccn4)c3c2)CCS(=O)(=O)C1. The first kappa shape index (κ1) is 21.8. The average Bonchev–Trinajstić information content (AvgIpc) is 3.30. The molecule has 6 nitrogen and oxygen atoms in total. The van der Waals surface area contributed by atoms with Gasteiger partial charge in [-0.1, -0.05) is 48.9 Å². The molecule has 1 aliphatic heterocycles. The molecule has 1 atom stereocenters. The highest BCUT2D eigenvalue weighted by atomic mass is 35.5. The number of carbonyl (C=O) groups excluding carboxylic acids is 1. The van der Waals surface area contributed by atoms with E-state index in [0.717, 1.165) is 16.5 Å². The van der Waals surface area contributed by atoms with Crippen molar-refractivity contribution in [3.8, 4) is 17.1 Å². The van der Waals surface area contributed by atoms with Gasteiger partial charge in [-0.3, -0.25) is 4.79 Å². The minimum absolute atomic E-state index is 0.0521. The molecular formula is C25H22ClN3O3S. The van der Waals surface area contributed by atoms with Crippen LogP contribution in [-0.2, 0) is 9.84 Å². The molecule has 0 radical (unpaired) electrons. The summed E-state index contributed by atoms with van der Waals surface area (Å²) in [5.74, 6) is 0.740. The maximum absolute atomic E-state index is 13.2. The summed E-state index contributed by atoms with van der Waals surface area (Å²) < 4.78 is 25.6. The summed E-state index contributed by atoms with van der Waals surface area (Å²) in [6.45, 7) is 1.88. The second-order valence-electron chi connectivity index (χ2n) is 8.91. The van der Waals surface area contributed by atoms with Crippen molar-refractivity contribution in [2.45, 2.75) is 19.8 Å². The topological polar surface area (TPSA) is 81.9 Å². The molecule has 8 heteroatoms. The van der Waals surface area contributed by atoms with Crippen molar-refractivity contribution >= 4 is 38.1 Å². The molecule has 1 fully saturated rings. The smallest absolute Gasteiger partial charge is 0.163 e. The number of nitrogens with zero attached hydrogens (tertiary/aromatic N) is 3. The van der Waals surface area contributed by atoms with Gasteiger partial charge < -0.3 is 0 Å². The lowest BCUT2D eigenvalue weighted by Gasteiger charge is -2.20. The number of rotatable bonds is 5. The number of hydrogen-bond acceptors (Lipinski definition) is 5. The first-order valence-corrected chi connectivity index (χ1v) is 12.9. The normalized spacial score (nSPS) is 19.7. The Bertz CT molecular complexity index is 1480. The van der Waals surface area contributed by atoms with E-state index in [1.54, 1.807) is 16.9 Å². The first-order chi connectivity index (χ1) is 15.7. The van der Waals surface area contributed by atoms with Crippen LogP contribution in [0, 0.1) is 5.41 Å². The summed E-state index contributed by atoms with van der Waals surface area (Å²) in [5, 5.41) is 6.24. The van der Waals surface area contributed by atoms with Gasteiger partial charge in [0.1, 0.15) is 5.69 Å². The second-order valence-corrected chi connectivity index (χ2v) is 11.5. The fourth-order valence-electron chi connectivity index (χ4n) is 4.50. The highest BCUT2D eigenvalue weighted by molar-refractivity contribution is 7.91. The zero-order chi connectivity index (χ0) is 23.2. The first-order valence-electron chi connectivity index (χ1n) is 10.7. The lowest BCUT2D eigenvalue weighted by Crippen LogP contribution is -2.22. The number of hydrogen-bond donors (Lipinski definition) is 0. The summed E-state index contributed by atoms with van der Waals surface area (Å²) in [6, 6.07) is 18.5. The Morgan fingerprint density at radius 3 is 2.61 bits per heavy atom. The second kappa shape index (κ2) is 8.08. The van der Waals surface area contributed by atoms with Crippen LogP contribution in [0.5, 0.6) is 0 Å². The molecule has 2 aromatic carbocycles. The molecule has 1 saturated heterocycles. The highest BCUT2D eigenvalue weighted by Gasteiger charge is 2.40. The van der Waals surface area contributed by atoms with Crippen LogP contribution in [-0.4, -0.2) is 40.5 Å². The van der Waals surface area contributed by atoms with Crippen LogP contribution in [0.1, 0.15) is 30.1 Å². The van der Waals surface area contributed by atoms with Crippen molar-refractivity contribution < 1.29 is 13.2 Å². The molecule has 1 unspecified atom stereocenters. The third-order valence-electron chi connectivity index (χ3n) is 6.17. The molecule has 2 aromatic heterocycles. The zero-order valence-corrected chi connectivity index (χ0v) is 19.6. The van der Waals surface area contributed by atoms with Crippen molar-refractivity contribution in [2.24, 2.45) is 5.41 Å². The van der Waals surface area contributed by atoms with Crippen molar-refractivity contribution in [2.75, 3.05) is 11.5 Å². The van der Waals surface area contributed by atoms with Gasteiger partial charge in [0.25, 0.3) is 0 Å². The molecule has 0 aliphatic carbocycles. The van der Waals surface area contributed by atoms with Gasteiger partial charge >= 0.3 is 0 Å². The maximum atomic E-state index is 13.2. The van der Waals surface area contributed by atoms with Crippen LogP contribution in [0.25, 0.3) is 28.0 Å². The van der Waals surface area contributed by atoms with Crippen LogP contribution < -0.4 is 0 Å². The Morgan fingerprint density at radius 1 is 1.12 bits per heavy atom. The van der Waals surface area contributed by atoms with Gasteiger partial charge in [-0.25, -0.2) is 18.1 Å².